The standard InChI is InChI=1S/C17H26F3N3/c1-5-6-22-7-9-23(10-8-22)13-11-14(16(2,3)4)21-15(12-13)17(18,19)20/h11-12H,5-10H2,1-4H3. The second kappa shape index (κ2) is 6.67. The van der Waals surface area contributed by atoms with Crippen molar-refractivity contribution >= 4 is 5.69 Å². The first kappa shape index (κ1) is 18.0. The van der Waals surface area contributed by atoms with Crippen molar-refractivity contribution in [3.05, 3.63) is 23.5 Å². The summed E-state index contributed by atoms with van der Waals surface area (Å²) in [5.41, 5.74) is -0.0948. The third-order valence-corrected chi connectivity index (χ3v) is 4.15. The van der Waals surface area contributed by atoms with E-state index in [1.54, 1.807) is 0 Å². The first-order valence-electron chi connectivity index (χ1n) is 8.18. The summed E-state index contributed by atoms with van der Waals surface area (Å²) in [6.45, 7) is 12.1. The van der Waals surface area contributed by atoms with Crippen LogP contribution in [-0.4, -0.2) is 42.6 Å². The van der Waals surface area contributed by atoms with Crippen LogP contribution >= 0.6 is 0 Å². The quantitative estimate of drug-likeness (QED) is 0.837. The van der Waals surface area contributed by atoms with E-state index in [-0.39, 0.29) is 0 Å². The minimum absolute atomic E-state index is 0.417. The summed E-state index contributed by atoms with van der Waals surface area (Å²) in [6.07, 6.45) is -3.32. The topological polar surface area (TPSA) is 19.4 Å². The van der Waals surface area contributed by atoms with Gasteiger partial charge in [-0.1, -0.05) is 27.7 Å². The molecule has 0 bridgehead atoms. The fourth-order valence-electron chi connectivity index (χ4n) is 2.77. The molecule has 3 nitrogen and oxygen atoms in total. The van der Waals surface area contributed by atoms with E-state index in [9.17, 15) is 13.2 Å². The van der Waals surface area contributed by atoms with Crippen molar-refractivity contribution in [1.82, 2.24) is 9.88 Å². The summed E-state index contributed by atoms with van der Waals surface area (Å²) >= 11 is 0. The average Bonchev–Trinajstić information content (AvgIpc) is 2.46. The third-order valence-electron chi connectivity index (χ3n) is 4.15. The fourth-order valence-corrected chi connectivity index (χ4v) is 2.77. The van der Waals surface area contributed by atoms with E-state index < -0.39 is 17.3 Å². The van der Waals surface area contributed by atoms with Gasteiger partial charge in [0.2, 0.25) is 0 Å². The Bertz CT molecular complexity index is 495. The van der Waals surface area contributed by atoms with Crippen molar-refractivity contribution in [2.24, 2.45) is 0 Å². The number of hydrogen-bond acceptors (Lipinski definition) is 3. The van der Waals surface area contributed by atoms with E-state index >= 15 is 0 Å². The number of pyridine rings is 1. The first-order valence-corrected chi connectivity index (χ1v) is 8.18. The van der Waals surface area contributed by atoms with E-state index in [0.717, 1.165) is 39.1 Å². The molecule has 0 atom stereocenters. The predicted octanol–water partition coefficient (Wildman–Crippen LogP) is 3.93. The van der Waals surface area contributed by atoms with E-state index in [1.807, 2.05) is 31.7 Å². The van der Waals surface area contributed by atoms with Gasteiger partial charge < -0.3 is 4.90 Å². The largest absolute Gasteiger partial charge is 0.433 e. The summed E-state index contributed by atoms with van der Waals surface area (Å²) in [6, 6.07) is 3.00. The molecule has 0 saturated carbocycles. The maximum Gasteiger partial charge on any atom is 0.433 e. The number of halogens is 3. The lowest BCUT2D eigenvalue weighted by Gasteiger charge is -2.36. The van der Waals surface area contributed by atoms with Gasteiger partial charge in [0.1, 0.15) is 5.69 Å². The summed E-state index contributed by atoms with van der Waals surface area (Å²) in [7, 11) is 0. The van der Waals surface area contributed by atoms with Gasteiger partial charge in [-0.25, -0.2) is 4.98 Å². The molecule has 0 aliphatic carbocycles. The summed E-state index contributed by atoms with van der Waals surface area (Å²) < 4.78 is 39.5. The number of aromatic nitrogens is 1. The van der Waals surface area contributed by atoms with Gasteiger partial charge in [0.25, 0.3) is 0 Å². The normalized spacial score (nSPS) is 17.6. The Kier molecular flexibility index (Phi) is 5.23. The zero-order valence-corrected chi connectivity index (χ0v) is 14.4. The lowest BCUT2D eigenvalue weighted by Crippen LogP contribution is -2.46. The highest BCUT2D eigenvalue weighted by molar-refractivity contribution is 5.50. The molecule has 6 heteroatoms. The van der Waals surface area contributed by atoms with Gasteiger partial charge in [-0.3, -0.25) is 4.90 Å². The monoisotopic (exact) mass is 329 g/mol. The van der Waals surface area contributed by atoms with Crippen molar-refractivity contribution in [3.8, 4) is 0 Å². The van der Waals surface area contributed by atoms with Crippen LogP contribution in [0.5, 0.6) is 0 Å². The lowest BCUT2D eigenvalue weighted by atomic mass is 9.91. The van der Waals surface area contributed by atoms with Gasteiger partial charge in [0.15, 0.2) is 0 Å². The molecule has 0 aromatic carbocycles. The van der Waals surface area contributed by atoms with E-state index in [1.165, 1.54) is 6.07 Å². The molecule has 1 saturated heterocycles. The molecular weight excluding hydrogens is 303 g/mol. The minimum atomic E-state index is -4.42. The highest BCUT2D eigenvalue weighted by Gasteiger charge is 2.35. The number of hydrogen-bond donors (Lipinski definition) is 0. The Labute approximate surface area is 136 Å². The van der Waals surface area contributed by atoms with Crippen LogP contribution in [0.3, 0.4) is 0 Å². The Morgan fingerprint density at radius 1 is 1.00 bits per heavy atom. The molecule has 1 aromatic rings. The number of anilines is 1. The molecule has 0 unspecified atom stereocenters. The van der Waals surface area contributed by atoms with Crippen molar-refractivity contribution in [2.75, 3.05) is 37.6 Å². The zero-order chi connectivity index (χ0) is 17.3. The van der Waals surface area contributed by atoms with Gasteiger partial charge in [-0.15, -0.1) is 0 Å². The molecule has 1 aliphatic rings. The average molecular weight is 329 g/mol. The van der Waals surface area contributed by atoms with Crippen LogP contribution in [0, 0.1) is 0 Å². The van der Waals surface area contributed by atoms with E-state index in [0.29, 0.717) is 11.4 Å². The molecule has 130 valence electrons. The van der Waals surface area contributed by atoms with Crippen LogP contribution in [0.15, 0.2) is 12.1 Å². The van der Waals surface area contributed by atoms with Crippen LogP contribution in [-0.2, 0) is 11.6 Å². The maximum atomic E-state index is 13.2. The summed E-state index contributed by atoms with van der Waals surface area (Å²) in [4.78, 5) is 8.25. The predicted molar refractivity (Wildman–Crippen MR) is 86.9 cm³/mol. The molecule has 0 radical (unpaired) electrons. The Balaban J connectivity index is 2.28. The fraction of sp³-hybridized carbons (Fsp3) is 0.706. The summed E-state index contributed by atoms with van der Waals surface area (Å²) in [5.74, 6) is 0. The van der Waals surface area contributed by atoms with Crippen LogP contribution < -0.4 is 4.90 Å². The minimum Gasteiger partial charge on any atom is -0.369 e. The lowest BCUT2D eigenvalue weighted by molar-refractivity contribution is -0.141. The Morgan fingerprint density at radius 2 is 1.57 bits per heavy atom. The van der Waals surface area contributed by atoms with Crippen molar-refractivity contribution < 1.29 is 13.2 Å². The summed E-state index contributed by atoms with van der Waals surface area (Å²) in [5, 5.41) is 0. The van der Waals surface area contributed by atoms with E-state index in [4.69, 9.17) is 0 Å². The van der Waals surface area contributed by atoms with Gasteiger partial charge in [-0.2, -0.15) is 13.2 Å². The molecule has 0 N–H and O–H groups in total. The molecule has 2 rings (SSSR count). The molecule has 23 heavy (non-hydrogen) atoms. The molecular formula is C17H26F3N3. The highest BCUT2D eigenvalue weighted by Crippen LogP contribution is 2.34. The molecule has 0 amide bonds. The number of rotatable bonds is 3. The molecule has 1 aliphatic heterocycles. The molecule has 2 heterocycles. The van der Waals surface area contributed by atoms with E-state index in [2.05, 4.69) is 16.8 Å². The SMILES string of the molecule is CCCN1CCN(c2cc(C(C)(C)C)nc(C(F)(F)F)c2)CC1. The Hall–Kier alpha value is -1.30. The van der Waals surface area contributed by atoms with Crippen LogP contribution in [0.2, 0.25) is 0 Å². The second-order valence-electron chi connectivity index (χ2n) is 7.17. The number of nitrogens with zero attached hydrogens (tertiary/aromatic N) is 3. The van der Waals surface area contributed by atoms with Gasteiger partial charge in [0, 0.05) is 43.0 Å². The van der Waals surface area contributed by atoms with Gasteiger partial charge in [-0.05, 0) is 25.1 Å². The highest BCUT2D eigenvalue weighted by atomic mass is 19.4. The van der Waals surface area contributed by atoms with Gasteiger partial charge in [0.05, 0.1) is 0 Å². The molecule has 1 fully saturated rings. The zero-order valence-electron chi connectivity index (χ0n) is 14.4. The first-order chi connectivity index (χ1) is 10.6. The molecule has 1 aromatic heterocycles. The number of alkyl halides is 3. The van der Waals surface area contributed by atoms with Crippen molar-refractivity contribution in [1.29, 1.82) is 0 Å². The second-order valence-corrected chi connectivity index (χ2v) is 7.17. The molecule has 0 spiro atoms. The number of piperazine rings is 1. The van der Waals surface area contributed by atoms with Crippen LogP contribution in [0.1, 0.15) is 45.5 Å². The van der Waals surface area contributed by atoms with Crippen LogP contribution in [0.25, 0.3) is 0 Å². The van der Waals surface area contributed by atoms with Gasteiger partial charge >= 0.3 is 6.18 Å². The van der Waals surface area contributed by atoms with Crippen molar-refractivity contribution in [3.63, 3.8) is 0 Å². The smallest absolute Gasteiger partial charge is 0.369 e. The Morgan fingerprint density at radius 3 is 2.04 bits per heavy atom. The van der Waals surface area contributed by atoms with Crippen LogP contribution in [0.4, 0.5) is 18.9 Å². The van der Waals surface area contributed by atoms with Crippen molar-refractivity contribution in [2.45, 2.75) is 45.7 Å². The maximum absolute atomic E-state index is 13.2. The third kappa shape index (κ3) is 4.59.